The monoisotopic (exact) mass is 274 g/mol. The van der Waals surface area contributed by atoms with Crippen molar-refractivity contribution in [2.75, 3.05) is 23.4 Å². The number of rotatable bonds is 6. The molecule has 2 heterocycles. The maximum Gasteiger partial charge on any atom is 0.243 e. The molecule has 0 amide bonds. The number of nitrogen functional groups attached to an aromatic ring is 1. The number of hydrazine groups is 1. The molecule has 1 fully saturated rings. The molecule has 1 saturated carbocycles. The summed E-state index contributed by atoms with van der Waals surface area (Å²) in [6.45, 7) is 3.93. The molecule has 8 heteroatoms. The number of nitrogens with two attached hydrogens (primary N) is 1. The number of anilines is 2. The van der Waals surface area contributed by atoms with Crippen LogP contribution in [0.3, 0.4) is 0 Å². The van der Waals surface area contributed by atoms with Crippen molar-refractivity contribution in [2.45, 2.75) is 19.8 Å². The third-order valence-corrected chi connectivity index (χ3v) is 3.32. The van der Waals surface area contributed by atoms with Crippen molar-refractivity contribution in [1.82, 2.24) is 24.5 Å². The van der Waals surface area contributed by atoms with E-state index in [4.69, 9.17) is 5.84 Å². The molecule has 106 valence electrons. The van der Waals surface area contributed by atoms with Crippen LogP contribution in [0, 0.1) is 5.92 Å². The lowest BCUT2D eigenvalue weighted by molar-refractivity contribution is 0.712. The number of hydrogen-bond acceptors (Lipinski definition) is 7. The van der Waals surface area contributed by atoms with E-state index in [1.807, 2.05) is 0 Å². The Bertz CT molecular complexity index is 563. The van der Waals surface area contributed by atoms with Gasteiger partial charge in [-0.2, -0.15) is 15.0 Å². The van der Waals surface area contributed by atoms with Gasteiger partial charge in [-0.25, -0.2) is 10.8 Å². The van der Waals surface area contributed by atoms with Gasteiger partial charge in [-0.05, 0) is 25.7 Å². The van der Waals surface area contributed by atoms with Crippen molar-refractivity contribution in [3.05, 3.63) is 18.7 Å². The highest BCUT2D eigenvalue weighted by atomic mass is 15.4. The van der Waals surface area contributed by atoms with E-state index in [-0.39, 0.29) is 0 Å². The Morgan fingerprint density at radius 1 is 1.40 bits per heavy atom. The molecule has 0 atom stereocenters. The molecule has 2 aromatic rings. The molecular formula is C12H18N8. The highest BCUT2D eigenvalue weighted by Crippen LogP contribution is 2.30. The first-order chi connectivity index (χ1) is 9.80. The zero-order valence-corrected chi connectivity index (χ0v) is 11.4. The van der Waals surface area contributed by atoms with Crippen LogP contribution in [-0.2, 0) is 0 Å². The number of imidazole rings is 1. The molecule has 8 nitrogen and oxygen atoms in total. The van der Waals surface area contributed by atoms with Gasteiger partial charge in [0.15, 0.2) is 0 Å². The summed E-state index contributed by atoms with van der Waals surface area (Å²) in [6.07, 6.45) is 7.70. The van der Waals surface area contributed by atoms with E-state index >= 15 is 0 Å². The molecule has 0 bridgehead atoms. The van der Waals surface area contributed by atoms with Crippen LogP contribution in [0.15, 0.2) is 18.7 Å². The number of hydrogen-bond donors (Lipinski definition) is 2. The average Bonchev–Trinajstić information content (AvgIpc) is 3.13. The molecule has 20 heavy (non-hydrogen) atoms. The van der Waals surface area contributed by atoms with E-state index in [0.29, 0.717) is 17.8 Å². The summed E-state index contributed by atoms with van der Waals surface area (Å²) in [5.41, 5.74) is 2.49. The Labute approximate surface area is 117 Å². The summed E-state index contributed by atoms with van der Waals surface area (Å²) in [4.78, 5) is 19.3. The fourth-order valence-corrected chi connectivity index (χ4v) is 2.02. The molecule has 0 aromatic carbocycles. The summed E-state index contributed by atoms with van der Waals surface area (Å²) < 4.78 is 1.73. The normalized spacial score (nSPS) is 14.3. The predicted molar refractivity (Wildman–Crippen MR) is 75.4 cm³/mol. The van der Waals surface area contributed by atoms with Gasteiger partial charge in [0.1, 0.15) is 6.33 Å². The van der Waals surface area contributed by atoms with Crippen molar-refractivity contribution in [3.8, 4) is 5.95 Å². The van der Waals surface area contributed by atoms with Gasteiger partial charge in [0.25, 0.3) is 0 Å². The van der Waals surface area contributed by atoms with Gasteiger partial charge in [-0.3, -0.25) is 9.99 Å². The van der Waals surface area contributed by atoms with Crippen LogP contribution < -0.4 is 16.2 Å². The average molecular weight is 274 g/mol. The van der Waals surface area contributed by atoms with Crippen LogP contribution in [0.1, 0.15) is 19.8 Å². The number of aromatic nitrogens is 5. The highest BCUT2D eigenvalue weighted by molar-refractivity contribution is 5.39. The summed E-state index contributed by atoms with van der Waals surface area (Å²) in [7, 11) is 0. The Hall–Kier alpha value is -2.22. The fourth-order valence-electron chi connectivity index (χ4n) is 2.02. The quantitative estimate of drug-likeness (QED) is 0.587. The minimum atomic E-state index is 0.355. The summed E-state index contributed by atoms with van der Waals surface area (Å²) in [6, 6.07) is 0. The van der Waals surface area contributed by atoms with Crippen molar-refractivity contribution in [1.29, 1.82) is 0 Å². The first-order valence-corrected chi connectivity index (χ1v) is 6.76. The SMILES string of the molecule is CCN(CC1CC1)c1nc(NN)nc(-n2ccnc2)n1. The minimum absolute atomic E-state index is 0.355. The summed E-state index contributed by atoms with van der Waals surface area (Å²) >= 11 is 0. The second kappa shape index (κ2) is 5.41. The number of nitrogens with one attached hydrogen (secondary N) is 1. The topological polar surface area (TPSA) is 97.8 Å². The Balaban J connectivity index is 1.94. The molecule has 3 rings (SSSR count). The van der Waals surface area contributed by atoms with Gasteiger partial charge < -0.3 is 4.90 Å². The molecule has 1 aliphatic rings. The third-order valence-electron chi connectivity index (χ3n) is 3.32. The van der Waals surface area contributed by atoms with E-state index in [2.05, 4.69) is 37.2 Å². The van der Waals surface area contributed by atoms with Gasteiger partial charge in [0, 0.05) is 25.5 Å². The second-order valence-electron chi connectivity index (χ2n) is 4.86. The lowest BCUT2D eigenvalue weighted by Crippen LogP contribution is -2.28. The highest BCUT2D eigenvalue weighted by Gasteiger charge is 2.25. The largest absolute Gasteiger partial charge is 0.341 e. The zero-order valence-electron chi connectivity index (χ0n) is 11.4. The fraction of sp³-hybridized carbons (Fsp3) is 0.500. The van der Waals surface area contributed by atoms with Crippen LogP contribution >= 0.6 is 0 Å². The van der Waals surface area contributed by atoms with Crippen LogP contribution in [0.5, 0.6) is 0 Å². The van der Waals surface area contributed by atoms with Crippen LogP contribution in [0.25, 0.3) is 5.95 Å². The molecule has 0 radical (unpaired) electrons. The van der Waals surface area contributed by atoms with E-state index in [9.17, 15) is 0 Å². The van der Waals surface area contributed by atoms with E-state index in [1.165, 1.54) is 12.8 Å². The second-order valence-corrected chi connectivity index (χ2v) is 4.86. The maximum absolute atomic E-state index is 5.45. The van der Waals surface area contributed by atoms with Crippen molar-refractivity contribution in [2.24, 2.45) is 11.8 Å². The Morgan fingerprint density at radius 3 is 2.85 bits per heavy atom. The van der Waals surface area contributed by atoms with E-state index in [0.717, 1.165) is 19.0 Å². The summed E-state index contributed by atoms with van der Waals surface area (Å²) in [5.74, 6) is 7.72. The minimum Gasteiger partial charge on any atom is -0.341 e. The first kappa shape index (κ1) is 12.8. The Kier molecular flexibility index (Phi) is 3.46. The number of nitrogens with zero attached hydrogens (tertiary/aromatic N) is 6. The molecule has 1 aliphatic carbocycles. The lowest BCUT2D eigenvalue weighted by Gasteiger charge is -2.21. The first-order valence-electron chi connectivity index (χ1n) is 6.76. The van der Waals surface area contributed by atoms with Crippen LogP contribution in [-0.4, -0.2) is 37.6 Å². The van der Waals surface area contributed by atoms with E-state index in [1.54, 1.807) is 23.3 Å². The Morgan fingerprint density at radius 2 is 2.25 bits per heavy atom. The summed E-state index contributed by atoms with van der Waals surface area (Å²) in [5, 5.41) is 0. The van der Waals surface area contributed by atoms with Crippen LogP contribution in [0.2, 0.25) is 0 Å². The maximum atomic E-state index is 5.45. The third kappa shape index (κ3) is 2.69. The molecule has 2 aromatic heterocycles. The molecular weight excluding hydrogens is 256 g/mol. The van der Waals surface area contributed by atoms with Crippen molar-refractivity contribution in [3.63, 3.8) is 0 Å². The van der Waals surface area contributed by atoms with Gasteiger partial charge >= 0.3 is 0 Å². The van der Waals surface area contributed by atoms with Gasteiger partial charge in [-0.15, -0.1) is 0 Å². The smallest absolute Gasteiger partial charge is 0.243 e. The standard InChI is InChI=1S/C12H18N8/c1-2-19(7-9-3-4-9)11-15-10(18-13)16-12(17-11)20-6-5-14-8-20/h5-6,8-9H,2-4,7,13H2,1H3,(H,15,16,17,18). The van der Waals surface area contributed by atoms with Crippen molar-refractivity contribution >= 4 is 11.9 Å². The lowest BCUT2D eigenvalue weighted by atomic mass is 10.4. The van der Waals surface area contributed by atoms with Gasteiger partial charge in [0.2, 0.25) is 17.8 Å². The predicted octanol–water partition coefficient (Wildman–Crippen LogP) is 0.579. The molecule has 0 aliphatic heterocycles. The molecule has 3 N–H and O–H groups in total. The van der Waals surface area contributed by atoms with Gasteiger partial charge in [-0.1, -0.05) is 0 Å². The zero-order chi connectivity index (χ0) is 13.9. The molecule has 0 spiro atoms. The molecule has 0 unspecified atom stereocenters. The van der Waals surface area contributed by atoms with E-state index < -0.39 is 0 Å². The van der Waals surface area contributed by atoms with Gasteiger partial charge in [0.05, 0.1) is 0 Å². The van der Waals surface area contributed by atoms with Crippen molar-refractivity contribution < 1.29 is 0 Å². The molecule has 0 saturated heterocycles. The van der Waals surface area contributed by atoms with Crippen LogP contribution in [0.4, 0.5) is 11.9 Å².